The minimum Gasteiger partial charge on any atom is -0.343 e. The van der Waals surface area contributed by atoms with Crippen molar-refractivity contribution in [2.75, 3.05) is 26.2 Å². The molecule has 4 heteroatoms. The zero-order chi connectivity index (χ0) is 14.4. The Hall–Kier alpha value is -1.06. The first-order valence-electron chi connectivity index (χ1n) is 7.79. The van der Waals surface area contributed by atoms with Crippen molar-refractivity contribution in [3.8, 4) is 0 Å². The van der Waals surface area contributed by atoms with Crippen LogP contribution in [0.25, 0.3) is 0 Å². The summed E-state index contributed by atoms with van der Waals surface area (Å²) in [7, 11) is 0. The van der Waals surface area contributed by atoms with Crippen molar-refractivity contribution >= 4 is 18.3 Å². The number of nitrogens with zero attached hydrogens (tertiary/aromatic N) is 2. The zero-order valence-electron chi connectivity index (χ0n) is 13.1. The molecule has 0 N–H and O–H groups in total. The fourth-order valence-corrected chi connectivity index (χ4v) is 2.97. The first-order valence-corrected chi connectivity index (χ1v) is 7.79. The van der Waals surface area contributed by atoms with Crippen molar-refractivity contribution in [3.63, 3.8) is 0 Å². The molecule has 0 spiro atoms. The van der Waals surface area contributed by atoms with Gasteiger partial charge in [-0.1, -0.05) is 30.3 Å². The molecule has 0 saturated carbocycles. The van der Waals surface area contributed by atoms with Crippen molar-refractivity contribution < 1.29 is 4.79 Å². The Morgan fingerprint density at radius 1 is 1.14 bits per heavy atom. The van der Waals surface area contributed by atoms with Gasteiger partial charge in [0, 0.05) is 25.6 Å². The van der Waals surface area contributed by atoms with E-state index in [9.17, 15) is 4.79 Å². The van der Waals surface area contributed by atoms with Gasteiger partial charge in [-0.3, -0.25) is 9.69 Å². The lowest BCUT2D eigenvalue weighted by Crippen LogP contribution is -2.42. The Balaban J connectivity index is 0.00000220. The molecule has 2 rings (SSSR count). The summed E-state index contributed by atoms with van der Waals surface area (Å²) in [5.41, 5.74) is 1.36. The maximum absolute atomic E-state index is 12.3. The van der Waals surface area contributed by atoms with Crippen LogP contribution in [0.4, 0.5) is 0 Å². The van der Waals surface area contributed by atoms with Gasteiger partial charge in [0.1, 0.15) is 0 Å². The van der Waals surface area contributed by atoms with E-state index in [1.807, 2.05) is 4.90 Å². The topological polar surface area (TPSA) is 23.6 Å². The number of carbonyl (C=O) groups is 1. The largest absolute Gasteiger partial charge is 0.343 e. The van der Waals surface area contributed by atoms with Gasteiger partial charge >= 0.3 is 0 Å². The van der Waals surface area contributed by atoms with Crippen LogP contribution in [-0.4, -0.2) is 41.9 Å². The van der Waals surface area contributed by atoms with E-state index >= 15 is 0 Å². The van der Waals surface area contributed by atoms with Crippen molar-refractivity contribution in [2.45, 2.75) is 33.2 Å². The molecule has 1 aliphatic rings. The normalized spacial score (nSPS) is 16.3. The van der Waals surface area contributed by atoms with Crippen LogP contribution in [0, 0.1) is 5.92 Å². The van der Waals surface area contributed by atoms with Crippen LogP contribution in [-0.2, 0) is 11.3 Å². The van der Waals surface area contributed by atoms with Crippen LogP contribution in [0.2, 0.25) is 0 Å². The average Bonchev–Trinajstić information content (AvgIpc) is 2.50. The van der Waals surface area contributed by atoms with E-state index in [2.05, 4.69) is 49.1 Å². The van der Waals surface area contributed by atoms with E-state index in [0.29, 0.717) is 5.91 Å². The van der Waals surface area contributed by atoms with Gasteiger partial charge in [0.25, 0.3) is 0 Å². The summed E-state index contributed by atoms with van der Waals surface area (Å²) in [4.78, 5) is 16.8. The van der Waals surface area contributed by atoms with Crippen molar-refractivity contribution in [2.24, 2.45) is 5.92 Å². The van der Waals surface area contributed by atoms with E-state index in [0.717, 1.165) is 45.6 Å². The lowest BCUT2D eigenvalue weighted by atomic mass is 9.95. The highest BCUT2D eigenvalue weighted by molar-refractivity contribution is 5.85. The molecule has 21 heavy (non-hydrogen) atoms. The van der Waals surface area contributed by atoms with Gasteiger partial charge in [-0.15, -0.1) is 12.4 Å². The number of amides is 1. The minimum atomic E-state index is 0. The Morgan fingerprint density at radius 2 is 1.71 bits per heavy atom. The van der Waals surface area contributed by atoms with E-state index in [4.69, 9.17) is 0 Å². The second kappa shape index (κ2) is 9.06. The molecule has 1 fully saturated rings. The van der Waals surface area contributed by atoms with E-state index in [-0.39, 0.29) is 18.3 Å². The lowest BCUT2D eigenvalue weighted by Gasteiger charge is -2.33. The number of halogens is 1. The van der Waals surface area contributed by atoms with E-state index in [1.54, 1.807) is 0 Å². The Morgan fingerprint density at radius 3 is 2.24 bits per heavy atom. The second-order valence-corrected chi connectivity index (χ2v) is 5.55. The van der Waals surface area contributed by atoms with Crippen LogP contribution in [0.5, 0.6) is 0 Å². The number of piperidine rings is 1. The number of hydrogen-bond acceptors (Lipinski definition) is 2. The van der Waals surface area contributed by atoms with E-state index < -0.39 is 0 Å². The minimum absolute atomic E-state index is 0. The number of rotatable bonds is 5. The lowest BCUT2D eigenvalue weighted by molar-refractivity contribution is -0.136. The molecule has 1 heterocycles. The van der Waals surface area contributed by atoms with Crippen molar-refractivity contribution in [3.05, 3.63) is 35.9 Å². The average molecular weight is 311 g/mol. The molecule has 118 valence electrons. The number of carbonyl (C=O) groups excluding carboxylic acids is 1. The fourth-order valence-electron chi connectivity index (χ4n) is 2.97. The maximum atomic E-state index is 12.3. The second-order valence-electron chi connectivity index (χ2n) is 5.55. The third kappa shape index (κ3) is 5.01. The third-order valence-electron chi connectivity index (χ3n) is 4.26. The van der Waals surface area contributed by atoms with Gasteiger partial charge in [0.05, 0.1) is 0 Å². The van der Waals surface area contributed by atoms with Crippen LogP contribution >= 0.6 is 12.4 Å². The number of benzene rings is 1. The van der Waals surface area contributed by atoms with Gasteiger partial charge in [-0.2, -0.15) is 0 Å². The maximum Gasteiger partial charge on any atom is 0.225 e. The summed E-state index contributed by atoms with van der Waals surface area (Å²) < 4.78 is 0. The molecular formula is C17H27ClN2O. The SMILES string of the molecule is CCN(CC)C(=O)C1CCN(Cc2ccccc2)CC1.Cl. The molecule has 3 nitrogen and oxygen atoms in total. The molecule has 0 aliphatic carbocycles. The Bertz CT molecular complexity index is 412. The molecule has 0 aromatic heterocycles. The zero-order valence-corrected chi connectivity index (χ0v) is 13.9. The molecule has 1 amide bonds. The number of hydrogen-bond donors (Lipinski definition) is 0. The summed E-state index contributed by atoms with van der Waals surface area (Å²) in [5.74, 6) is 0.594. The van der Waals surface area contributed by atoms with Crippen LogP contribution in [0.1, 0.15) is 32.3 Å². The van der Waals surface area contributed by atoms with Gasteiger partial charge in [-0.25, -0.2) is 0 Å². The summed E-state index contributed by atoms with van der Waals surface area (Å²) >= 11 is 0. The van der Waals surface area contributed by atoms with Gasteiger partial charge in [-0.05, 0) is 45.3 Å². The highest BCUT2D eigenvalue weighted by atomic mass is 35.5. The highest BCUT2D eigenvalue weighted by Gasteiger charge is 2.27. The smallest absolute Gasteiger partial charge is 0.225 e. The van der Waals surface area contributed by atoms with Crippen molar-refractivity contribution in [1.29, 1.82) is 0 Å². The quantitative estimate of drug-likeness (QED) is 0.834. The van der Waals surface area contributed by atoms with Gasteiger partial charge < -0.3 is 4.90 Å². The molecular weight excluding hydrogens is 284 g/mol. The summed E-state index contributed by atoms with van der Waals surface area (Å²) in [5, 5.41) is 0. The molecule has 1 saturated heterocycles. The summed E-state index contributed by atoms with van der Waals surface area (Å²) in [6.45, 7) is 8.86. The molecule has 0 unspecified atom stereocenters. The number of likely N-dealkylation sites (tertiary alicyclic amines) is 1. The van der Waals surface area contributed by atoms with Crippen molar-refractivity contribution in [1.82, 2.24) is 9.80 Å². The Labute approximate surface area is 134 Å². The van der Waals surface area contributed by atoms with Crippen LogP contribution in [0.3, 0.4) is 0 Å². The van der Waals surface area contributed by atoms with Crippen LogP contribution < -0.4 is 0 Å². The fraction of sp³-hybridized carbons (Fsp3) is 0.588. The van der Waals surface area contributed by atoms with Gasteiger partial charge in [0.15, 0.2) is 0 Å². The molecule has 0 radical (unpaired) electrons. The predicted octanol–water partition coefficient (Wildman–Crippen LogP) is 3.19. The first-order chi connectivity index (χ1) is 9.74. The molecule has 0 bridgehead atoms. The molecule has 1 aromatic carbocycles. The predicted molar refractivity (Wildman–Crippen MR) is 89.6 cm³/mol. The summed E-state index contributed by atoms with van der Waals surface area (Å²) in [6, 6.07) is 10.6. The standard InChI is InChI=1S/C17H26N2O.ClH/c1-3-19(4-2)17(20)16-10-12-18(13-11-16)14-15-8-6-5-7-9-15;/h5-9,16H,3-4,10-14H2,1-2H3;1H. The first kappa shape index (κ1) is 18.0. The monoisotopic (exact) mass is 310 g/mol. The van der Waals surface area contributed by atoms with Gasteiger partial charge in [0.2, 0.25) is 5.91 Å². The summed E-state index contributed by atoms with van der Waals surface area (Å²) in [6.07, 6.45) is 2.00. The third-order valence-corrected chi connectivity index (χ3v) is 4.26. The van der Waals surface area contributed by atoms with E-state index in [1.165, 1.54) is 5.56 Å². The molecule has 1 aromatic rings. The molecule has 0 atom stereocenters. The molecule has 1 aliphatic heterocycles. The Kier molecular flexibility index (Phi) is 7.76. The highest BCUT2D eigenvalue weighted by Crippen LogP contribution is 2.21. The van der Waals surface area contributed by atoms with Crippen LogP contribution in [0.15, 0.2) is 30.3 Å².